The fraction of sp³-hybridized carbons (Fsp3) is 0.432. The fourth-order valence-corrected chi connectivity index (χ4v) is 6.51. The van der Waals surface area contributed by atoms with Gasteiger partial charge >= 0.3 is 6.09 Å². The Labute approximate surface area is 269 Å². The van der Waals surface area contributed by atoms with Crippen molar-refractivity contribution in [1.29, 1.82) is 0 Å². The molecule has 1 saturated carbocycles. The number of carbonyl (C=O) groups is 2. The molecule has 9 heteroatoms. The smallest absolute Gasteiger partial charge is 0.410 e. The predicted octanol–water partition coefficient (Wildman–Crippen LogP) is 7.02. The SMILES string of the molecule is Cc1ncc(C(=O)N[C@H](C)c2ccc(C(=C3CC4(C3)CN(C(=O)OC(C)(C)C)C4)c3ccc(F)cc3)cc2)cc1O[C@@H]1CCOC1. The normalized spacial score (nSPS) is 19.2. The number of halogens is 1. The van der Waals surface area contributed by atoms with Crippen molar-refractivity contribution in [3.05, 3.63) is 100 Å². The van der Waals surface area contributed by atoms with Crippen molar-refractivity contribution in [1.82, 2.24) is 15.2 Å². The number of aromatic nitrogens is 1. The van der Waals surface area contributed by atoms with Crippen LogP contribution < -0.4 is 10.1 Å². The number of ether oxygens (including phenoxy) is 3. The molecule has 2 aliphatic heterocycles. The number of allylic oxidation sites excluding steroid dienone is 1. The molecule has 1 spiro atoms. The van der Waals surface area contributed by atoms with Gasteiger partial charge in [0.05, 0.1) is 30.5 Å². The van der Waals surface area contributed by atoms with E-state index in [0.717, 1.165) is 47.2 Å². The monoisotopic (exact) mass is 627 g/mol. The van der Waals surface area contributed by atoms with Crippen molar-refractivity contribution in [3.63, 3.8) is 0 Å². The topological polar surface area (TPSA) is 90.0 Å². The number of hydrogen-bond acceptors (Lipinski definition) is 6. The van der Waals surface area contributed by atoms with Crippen LogP contribution in [0.1, 0.15) is 85.7 Å². The van der Waals surface area contributed by atoms with E-state index in [4.69, 9.17) is 14.2 Å². The summed E-state index contributed by atoms with van der Waals surface area (Å²) in [6.07, 6.45) is 3.83. The molecule has 3 fully saturated rings. The maximum absolute atomic E-state index is 13.9. The standard InChI is InChI=1S/C37H42FN3O5/c1-23(40-34(42)28-16-32(24(2)39-19-28)45-31-14-15-44-20-31)25-6-8-26(9-7-25)33(27-10-12-30(38)13-11-27)29-17-37(18-29)21-41(22-37)35(43)46-36(3,4)5/h6-13,16,19,23,31H,14-15,17-18,20-22H2,1-5H3,(H,40,42)/t23-,31-/m1/s1. The van der Waals surface area contributed by atoms with Gasteiger partial charge < -0.3 is 24.4 Å². The minimum atomic E-state index is -0.520. The summed E-state index contributed by atoms with van der Waals surface area (Å²) >= 11 is 0. The van der Waals surface area contributed by atoms with Crippen LogP contribution in [0.3, 0.4) is 0 Å². The van der Waals surface area contributed by atoms with E-state index in [1.165, 1.54) is 17.7 Å². The molecule has 46 heavy (non-hydrogen) atoms. The Balaban J connectivity index is 1.15. The number of pyridine rings is 1. The maximum Gasteiger partial charge on any atom is 0.410 e. The Kier molecular flexibility index (Phi) is 8.63. The second-order valence-electron chi connectivity index (χ2n) is 13.9. The van der Waals surface area contributed by atoms with Gasteiger partial charge in [-0.1, -0.05) is 42.0 Å². The molecule has 242 valence electrons. The number of benzene rings is 2. The molecule has 0 radical (unpaired) electrons. The van der Waals surface area contributed by atoms with Gasteiger partial charge in [0.25, 0.3) is 5.91 Å². The average Bonchev–Trinajstić information content (AvgIpc) is 3.48. The molecule has 1 aromatic heterocycles. The molecule has 3 heterocycles. The van der Waals surface area contributed by atoms with E-state index in [2.05, 4.69) is 22.4 Å². The second kappa shape index (κ2) is 12.5. The first-order valence-electron chi connectivity index (χ1n) is 16.0. The Hall–Kier alpha value is -4.24. The zero-order valence-electron chi connectivity index (χ0n) is 27.2. The molecule has 8 nitrogen and oxygen atoms in total. The summed E-state index contributed by atoms with van der Waals surface area (Å²) in [6.45, 7) is 12.0. The zero-order valence-corrected chi connectivity index (χ0v) is 27.2. The number of amides is 2. The quantitative estimate of drug-likeness (QED) is 0.303. The number of aryl methyl sites for hydroxylation is 1. The third kappa shape index (κ3) is 6.94. The minimum Gasteiger partial charge on any atom is -0.486 e. The van der Waals surface area contributed by atoms with Crippen molar-refractivity contribution in [3.8, 4) is 5.75 Å². The van der Waals surface area contributed by atoms with Crippen molar-refractivity contribution >= 4 is 17.6 Å². The lowest BCUT2D eigenvalue weighted by Gasteiger charge is -2.57. The van der Waals surface area contributed by atoms with Gasteiger partial charge in [-0.15, -0.1) is 0 Å². The first-order valence-corrected chi connectivity index (χ1v) is 16.0. The summed E-state index contributed by atoms with van der Waals surface area (Å²) in [5.74, 6) is 0.0882. The molecule has 6 rings (SSSR count). The lowest BCUT2D eigenvalue weighted by molar-refractivity contribution is -0.0500. The molecule has 2 amide bonds. The molecule has 0 bridgehead atoms. The molecule has 1 N–H and O–H groups in total. The van der Waals surface area contributed by atoms with E-state index in [1.54, 1.807) is 17.2 Å². The Bertz CT molecular complexity index is 1620. The number of nitrogens with one attached hydrogen (secondary N) is 1. The third-order valence-corrected chi connectivity index (χ3v) is 8.90. The summed E-state index contributed by atoms with van der Waals surface area (Å²) in [5.41, 5.74) is 6.04. The van der Waals surface area contributed by atoms with Crippen LogP contribution in [0.5, 0.6) is 5.75 Å². The van der Waals surface area contributed by atoms with E-state index < -0.39 is 5.60 Å². The highest BCUT2D eigenvalue weighted by Crippen LogP contribution is 2.55. The Morgan fingerprint density at radius 2 is 1.70 bits per heavy atom. The number of nitrogens with zero attached hydrogens (tertiary/aromatic N) is 2. The number of hydrogen-bond donors (Lipinski definition) is 1. The molecule has 2 saturated heterocycles. The third-order valence-electron chi connectivity index (χ3n) is 8.90. The first kappa shape index (κ1) is 31.7. The molecule has 2 atom stereocenters. The fourth-order valence-electron chi connectivity index (χ4n) is 6.51. The van der Waals surface area contributed by atoms with Gasteiger partial charge in [0.15, 0.2) is 0 Å². The van der Waals surface area contributed by atoms with Crippen molar-refractivity contribution in [2.45, 2.75) is 71.6 Å². The lowest BCUT2D eigenvalue weighted by Crippen LogP contribution is -2.62. The Morgan fingerprint density at radius 3 is 2.30 bits per heavy atom. The van der Waals surface area contributed by atoms with Gasteiger partial charge in [0, 0.05) is 31.1 Å². The van der Waals surface area contributed by atoms with Crippen LogP contribution >= 0.6 is 0 Å². The van der Waals surface area contributed by atoms with E-state index in [9.17, 15) is 14.0 Å². The first-order chi connectivity index (χ1) is 21.9. The molecular formula is C37H42FN3O5. The molecular weight excluding hydrogens is 585 g/mol. The van der Waals surface area contributed by atoms with Crippen LogP contribution in [0.2, 0.25) is 0 Å². The number of rotatable bonds is 7. The van der Waals surface area contributed by atoms with Crippen LogP contribution in [0.25, 0.3) is 5.57 Å². The largest absolute Gasteiger partial charge is 0.486 e. The molecule has 1 aliphatic carbocycles. The van der Waals surface area contributed by atoms with Crippen LogP contribution in [0.15, 0.2) is 66.4 Å². The highest BCUT2D eigenvalue weighted by molar-refractivity contribution is 5.94. The van der Waals surface area contributed by atoms with Crippen LogP contribution in [-0.4, -0.2) is 59.9 Å². The molecule has 0 unspecified atom stereocenters. The summed E-state index contributed by atoms with van der Waals surface area (Å²) in [5, 5.41) is 3.08. The average molecular weight is 628 g/mol. The van der Waals surface area contributed by atoms with Crippen LogP contribution in [0.4, 0.5) is 9.18 Å². The number of likely N-dealkylation sites (tertiary alicyclic amines) is 1. The van der Waals surface area contributed by atoms with Crippen LogP contribution in [-0.2, 0) is 9.47 Å². The minimum absolute atomic E-state index is 0.0304. The molecule has 3 aromatic rings. The molecule has 2 aromatic carbocycles. The van der Waals surface area contributed by atoms with E-state index >= 15 is 0 Å². The second-order valence-corrected chi connectivity index (χ2v) is 13.9. The van der Waals surface area contributed by atoms with Gasteiger partial charge in [0.2, 0.25) is 0 Å². The molecule has 3 aliphatic rings. The van der Waals surface area contributed by atoms with Crippen molar-refractivity contribution < 1.29 is 28.2 Å². The van der Waals surface area contributed by atoms with Gasteiger partial charge in [-0.05, 0) is 87.9 Å². The van der Waals surface area contributed by atoms with Crippen molar-refractivity contribution in [2.24, 2.45) is 5.41 Å². The van der Waals surface area contributed by atoms with Crippen molar-refractivity contribution in [2.75, 3.05) is 26.3 Å². The lowest BCUT2D eigenvalue weighted by atomic mass is 9.59. The Morgan fingerprint density at radius 1 is 1.04 bits per heavy atom. The summed E-state index contributed by atoms with van der Waals surface area (Å²) in [6, 6.07) is 16.3. The summed E-state index contributed by atoms with van der Waals surface area (Å²) in [7, 11) is 0. The van der Waals surface area contributed by atoms with E-state index in [-0.39, 0.29) is 35.4 Å². The van der Waals surface area contributed by atoms with E-state index in [0.29, 0.717) is 37.6 Å². The highest BCUT2D eigenvalue weighted by Gasteiger charge is 2.53. The highest BCUT2D eigenvalue weighted by atomic mass is 19.1. The van der Waals surface area contributed by atoms with Gasteiger partial charge in [-0.2, -0.15) is 0 Å². The number of carbonyl (C=O) groups excluding carboxylic acids is 2. The maximum atomic E-state index is 13.9. The van der Waals surface area contributed by atoms with Crippen LogP contribution in [0, 0.1) is 18.2 Å². The summed E-state index contributed by atoms with van der Waals surface area (Å²) < 4.78 is 30.8. The summed E-state index contributed by atoms with van der Waals surface area (Å²) in [4.78, 5) is 31.8. The van der Waals surface area contributed by atoms with Gasteiger partial charge in [-0.3, -0.25) is 9.78 Å². The van der Waals surface area contributed by atoms with E-state index in [1.807, 2.05) is 58.9 Å². The zero-order chi connectivity index (χ0) is 32.6. The predicted molar refractivity (Wildman–Crippen MR) is 173 cm³/mol. The van der Waals surface area contributed by atoms with Gasteiger partial charge in [-0.25, -0.2) is 9.18 Å². The van der Waals surface area contributed by atoms with Gasteiger partial charge in [0.1, 0.15) is 23.3 Å².